The molecule has 1 aliphatic carbocycles. The van der Waals surface area contributed by atoms with Crippen molar-refractivity contribution in [3.63, 3.8) is 0 Å². The summed E-state index contributed by atoms with van der Waals surface area (Å²) in [7, 11) is 0. The van der Waals surface area contributed by atoms with Gasteiger partial charge in [-0.25, -0.2) is 0 Å². The molecular weight excluding hydrogens is 416 g/mol. The van der Waals surface area contributed by atoms with Crippen LogP contribution in [-0.4, -0.2) is 36.3 Å². The van der Waals surface area contributed by atoms with E-state index < -0.39 is 0 Å². The summed E-state index contributed by atoms with van der Waals surface area (Å²) in [6.45, 7) is 4.03. The van der Waals surface area contributed by atoms with Crippen LogP contribution < -0.4 is 21.3 Å². The van der Waals surface area contributed by atoms with Gasteiger partial charge in [0.2, 0.25) is 5.91 Å². The number of hydrogen-bond acceptors (Lipinski definition) is 4. The molecule has 0 bridgehead atoms. The molecule has 2 aromatic carbocycles. The van der Waals surface area contributed by atoms with Crippen molar-refractivity contribution in [2.75, 3.05) is 17.2 Å². The highest BCUT2D eigenvalue weighted by molar-refractivity contribution is 5.97. The molecule has 1 aliphatic rings. The maximum atomic E-state index is 12.4. The van der Waals surface area contributed by atoms with Crippen molar-refractivity contribution in [3.05, 3.63) is 59.7 Å². The fraction of sp³-hybridized carbons (Fsp3) is 0.423. The lowest BCUT2D eigenvalue weighted by molar-refractivity contribution is -0.114. The second kappa shape index (κ2) is 12.0. The van der Waals surface area contributed by atoms with Crippen LogP contribution in [0.3, 0.4) is 0 Å². The first-order valence-corrected chi connectivity index (χ1v) is 11.8. The van der Waals surface area contributed by atoms with Crippen LogP contribution in [0.2, 0.25) is 0 Å². The Labute approximate surface area is 195 Å². The Morgan fingerprint density at radius 1 is 0.909 bits per heavy atom. The van der Waals surface area contributed by atoms with Gasteiger partial charge in [0.05, 0.1) is 6.54 Å². The van der Waals surface area contributed by atoms with Crippen LogP contribution in [0.15, 0.2) is 48.5 Å². The van der Waals surface area contributed by atoms with Crippen molar-refractivity contribution in [1.29, 1.82) is 0 Å². The predicted molar refractivity (Wildman–Crippen MR) is 132 cm³/mol. The summed E-state index contributed by atoms with van der Waals surface area (Å²) in [5.41, 5.74) is 2.45. The number of rotatable bonds is 9. The van der Waals surface area contributed by atoms with E-state index >= 15 is 0 Å². The van der Waals surface area contributed by atoms with Gasteiger partial charge in [0.1, 0.15) is 0 Å². The molecular formula is C26H34N4O3. The van der Waals surface area contributed by atoms with Gasteiger partial charge in [0.15, 0.2) is 0 Å². The molecule has 1 saturated carbocycles. The summed E-state index contributed by atoms with van der Waals surface area (Å²) in [4.78, 5) is 37.0. The zero-order chi connectivity index (χ0) is 23.6. The molecule has 0 saturated heterocycles. The molecule has 0 radical (unpaired) electrons. The molecule has 7 heteroatoms. The van der Waals surface area contributed by atoms with Gasteiger partial charge in [-0.1, -0.05) is 32.3 Å². The van der Waals surface area contributed by atoms with Crippen LogP contribution in [0.1, 0.15) is 73.1 Å². The van der Waals surface area contributed by atoms with Crippen molar-refractivity contribution in [2.24, 2.45) is 0 Å². The normalized spacial score (nSPS) is 14.7. The SMILES string of the molecule is CCC(C)NC(=O)c1cccc(NCC(=O)Nc2ccc(C(=O)NC3CCCCC3)cc2)c1. The molecule has 1 atom stereocenters. The molecule has 4 N–H and O–H groups in total. The summed E-state index contributed by atoms with van der Waals surface area (Å²) < 4.78 is 0. The van der Waals surface area contributed by atoms with Gasteiger partial charge in [-0.05, 0) is 68.7 Å². The average Bonchev–Trinajstić information content (AvgIpc) is 2.84. The Bertz CT molecular complexity index is 952. The van der Waals surface area contributed by atoms with Crippen LogP contribution in [0.25, 0.3) is 0 Å². The van der Waals surface area contributed by atoms with E-state index in [1.54, 1.807) is 42.5 Å². The molecule has 2 aromatic rings. The Morgan fingerprint density at radius 3 is 2.33 bits per heavy atom. The first-order valence-electron chi connectivity index (χ1n) is 11.8. The van der Waals surface area contributed by atoms with E-state index in [1.807, 2.05) is 19.9 Å². The van der Waals surface area contributed by atoms with Gasteiger partial charge < -0.3 is 21.3 Å². The molecule has 0 aliphatic heterocycles. The minimum Gasteiger partial charge on any atom is -0.376 e. The van der Waals surface area contributed by atoms with Crippen LogP contribution in [0, 0.1) is 0 Å². The number of nitrogens with one attached hydrogen (secondary N) is 4. The number of benzene rings is 2. The lowest BCUT2D eigenvalue weighted by Crippen LogP contribution is -2.36. The molecule has 1 unspecified atom stereocenters. The third-order valence-corrected chi connectivity index (χ3v) is 5.94. The highest BCUT2D eigenvalue weighted by Crippen LogP contribution is 2.18. The third-order valence-electron chi connectivity index (χ3n) is 5.94. The van der Waals surface area contributed by atoms with Crippen LogP contribution in [0.4, 0.5) is 11.4 Å². The van der Waals surface area contributed by atoms with Gasteiger partial charge in [0, 0.05) is 34.6 Å². The summed E-state index contributed by atoms with van der Waals surface area (Å²) in [6.07, 6.45) is 6.51. The van der Waals surface area contributed by atoms with Crippen molar-refractivity contribution in [3.8, 4) is 0 Å². The quantitative estimate of drug-likeness (QED) is 0.457. The smallest absolute Gasteiger partial charge is 0.251 e. The number of carbonyl (C=O) groups is 3. The Morgan fingerprint density at radius 2 is 1.64 bits per heavy atom. The van der Waals surface area contributed by atoms with Gasteiger partial charge in [-0.2, -0.15) is 0 Å². The number of anilines is 2. The Hall–Kier alpha value is -3.35. The minimum atomic E-state index is -0.219. The lowest BCUT2D eigenvalue weighted by Gasteiger charge is -2.22. The molecule has 3 rings (SSSR count). The van der Waals surface area contributed by atoms with Gasteiger partial charge in [-0.15, -0.1) is 0 Å². The van der Waals surface area contributed by atoms with Crippen molar-refractivity contribution in [1.82, 2.24) is 10.6 Å². The van der Waals surface area contributed by atoms with Gasteiger partial charge in [0.25, 0.3) is 11.8 Å². The van der Waals surface area contributed by atoms with E-state index in [0.29, 0.717) is 22.5 Å². The maximum Gasteiger partial charge on any atom is 0.251 e. The van der Waals surface area contributed by atoms with E-state index in [4.69, 9.17) is 0 Å². The van der Waals surface area contributed by atoms with E-state index in [9.17, 15) is 14.4 Å². The number of carbonyl (C=O) groups excluding carboxylic acids is 3. The highest BCUT2D eigenvalue weighted by Gasteiger charge is 2.16. The number of amides is 3. The summed E-state index contributed by atoms with van der Waals surface area (Å²) in [6, 6.07) is 14.3. The van der Waals surface area contributed by atoms with Crippen LogP contribution >= 0.6 is 0 Å². The van der Waals surface area contributed by atoms with Gasteiger partial charge >= 0.3 is 0 Å². The molecule has 3 amide bonds. The van der Waals surface area contributed by atoms with E-state index in [0.717, 1.165) is 19.3 Å². The average molecular weight is 451 g/mol. The van der Waals surface area contributed by atoms with Gasteiger partial charge in [-0.3, -0.25) is 14.4 Å². The minimum absolute atomic E-state index is 0.0559. The molecule has 176 valence electrons. The van der Waals surface area contributed by atoms with E-state index in [1.165, 1.54) is 19.3 Å². The van der Waals surface area contributed by atoms with Crippen molar-refractivity contribution < 1.29 is 14.4 Å². The first kappa shape index (κ1) is 24.3. The maximum absolute atomic E-state index is 12.4. The fourth-order valence-corrected chi connectivity index (χ4v) is 3.79. The second-order valence-electron chi connectivity index (χ2n) is 8.65. The highest BCUT2D eigenvalue weighted by atomic mass is 16.2. The van der Waals surface area contributed by atoms with Crippen molar-refractivity contribution >= 4 is 29.1 Å². The monoisotopic (exact) mass is 450 g/mol. The largest absolute Gasteiger partial charge is 0.376 e. The number of hydrogen-bond donors (Lipinski definition) is 4. The summed E-state index contributed by atoms with van der Waals surface area (Å²) in [5, 5.41) is 11.9. The zero-order valence-corrected chi connectivity index (χ0v) is 19.4. The molecule has 33 heavy (non-hydrogen) atoms. The zero-order valence-electron chi connectivity index (χ0n) is 19.4. The molecule has 0 heterocycles. The second-order valence-corrected chi connectivity index (χ2v) is 8.65. The van der Waals surface area contributed by atoms with E-state index in [-0.39, 0.29) is 36.3 Å². The Balaban J connectivity index is 1.47. The molecule has 0 spiro atoms. The van der Waals surface area contributed by atoms with E-state index in [2.05, 4.69) is 21.3 Å². The molecule has 1 fully saturated rings. The van der Waals surface area contributed by atoms with Crippen LogP contribution in [0.5, 0.6) is 0 Å². The standard InChI is InChI=1S/C26H34N4O3/c1-3-18(2)28-26(33)20-8-7-11-23(16-20)27-17-24(31)29-22-14-12-19(13-15-22)25(32)30-21-9-5-4-6-10-21/h7-8,11-16,18,21,27H,3-6,9-10,17H2,1-2H3,(H,28,33)(H,29,31)(H,30,32). The first-order chi connectivity index (χ1) is 15.9. The van der Waals surface area contributed by atoms with Crippen molar-refractivity contribution in [2.45, 2.75) is 64.5 Å². The predicted octanol–water partition coefficient (Wildman–Crippen LogP) is 4.33. The molecule has 0 aromatic heterocycles. The topological polar surface area (TPSA) is 99.3 Å². The lowest BCUT2D eigenvalue weighted by atomic mass is 9.95. The summed E-state index contributed by atoms with van der Waals surface area (Å²) in [5.74, 6) is -0.423. The summed E-state index contributed by atoms with van der Waals surface area (Å²) >= 11 is 0. The third kappa shape index (κ3) is 7.63. The van der Waals surface area contributed by atoms with Crippen LogP contribution in [-0.2, 0) is 4.79 Å². The molecule has 7 nitrogen and oxygen atoms in total. The fourth-order valence-electron chi connectivity index (χ4n) is 3.79. The Kier molecular flexibility index (Phi) is 8.87.